The zero-order valence-electron chi connectivity index (χ0n) is 14.2. The van der Waals surface area contributed by atoms with Gasteiger partial charge in [-0.3, -0.25) is 4.79 Å². The second-order valence-corrected chi connectivity index (χ2v) is 7.78. The van der Waals surface area contributed by atoms with Gasteiger partial charge < -0.3 is 11.1 Å². The molecule has 124 valence electrons. The van der Waals surface area contributed by atoms with Gasteiger partial charge in [-0.25, -0.2) is 9.97 Å². The average Bonchev–Trinajstić information content (AvgIpc) is 2.85. The molecule has 0 aliphatic rings. The van der Waals surface area contributed by atoms with E-state index < -0.39 is 0 Å². The van der Waals surface area contributed by atoms with Gasteiger partial charge in [0.25, 0.3) is 5.91 Å². The summed E-state index contributed by atoms with van der Waals surface area (Å²) < 4.78 is 0. The maximum absolute atomic E-state index is 12.7. The Morgan fingerprint density at radius 2 is 2.00 bits per heavy atom. The van der Waals surface area contributed by atoms with E-state index in [2.05, 4.69) is 42.1 Å². The number of rotatable bonds is 2. The van der Waals surface area contributed by atoms with Crippen molar-refractivity contribution >= 4 is 39.0 Å². The van der Waals surface area contributed by atoms with E-state index in [1.165, 1.54) is 23.2 Å². The van der Waals surface area contributed by atoms with E-state index in [1.807, 2.05) is 25.1 Å². The van der Waals surface area contributed by atoms with Crippen LogP contribution in [0.2, 0.25) is 0 Å². The standard InChI is InChI=1S/C18H20N4OS/c1-10-13-15(19)20-9-21-17(13)24-14(10)16(23)22-12-7-5-6-11(8-12)18(2,3)4/h5-9H,1-4H3,(H,22,23)(H2,19,20,21). The van der Waals surface area contributed by atoms with Crippen LogP contribution in [-0.4, -0.2) is 15.9 Å². The lowest BCUT2D eigenvalue weighted by Gasteiger charge is -2.19. The van der Waals surface area contributed by atoms with Gasteiger partial charge in [0.15, 0.2) is 0 Å². The zero-order chi connectivity index (χ0) is 17.5. The van der Waals surface area contributed by atoms with Crippen molar-refractivity contribution in [3.8, 4) is 0 Å². The predicted molar refractivity (Wildman–Crippen MR) is 99.7 cm³/mol. The minimum absolute atomic E-state index is 0.0261. The molecule has 0 bridgehead atoms. The Hall–Kier alpha value is -2.47. The summed E-state index contributed by atoms with van der Waals surface area (Å²) in [6.07, 6.45) is 1.42. The second kappa shape index (κ2) is 5.87. The zero-order valence-corrected chi connectivity index (χ0v) is 15.0. The molecule has 3 rings (SSSR count). The Bertz CT molecular complexity index is 924. The van der Waals surface area contributed by atoms with Crippen LogP contribution in [0, 0.1) is 6.92 Å². The summed E-state index contributed by atoms with van der Waals surface area (Å²) in [5, 5.41) is 3.73. The van der Waals surface area contributed by atoms with Crippen molar-refractivity contribution in [2.45, 2.75) is 33.1 Å². The number of nitrogens with one attached hydrogen (secondary N) is 1. The topological polar surface area (TPSA) is 80.9 Å². The number of aromatic nitrogens is 2. The third kappa shape index (κ3) is 2.97. The quantitative estimate of drug-likeness (QED) is 0.735. The normalized spacial score (nSPS) is 11.7. The van der Waals surface area contributed by atoms with Gasteiger partial charge in [-0.1, -0.05) is 32.9 Å². The van der Waals surface area contributed by atoms with E-state index in [1.54, 1.807) is 0 Å². The summed E-state index contributed by atoms with van der Waals surface area (Å²) in [5.74, 6) is 0.253. The summed E-state index contributed by atoms with van der Waals surface area (Å²) in [6, 6.07) is 7.92. The Kier molecular flexibility index (Phi) is 4.01. The van der Waals surface area contributed by atoms with Crippen LogP contribution < -0.4 is 11.1 Å². The number of thiophene rings is 1. The van der Waals surface area contributed by atoms with Crippen molar-refractivity contribution < 1.29 is 4.79 Å². The molecule has 1 aromatic carbocycles. The SMILES string of the molecule is Cc1c(C(=O)Nc2cccc(C(C)(C)C)c2)sc2ncnc(N)c12. The van der Waals surface area contributed by atoms with Gasteiger partial charge >= 0.3 is 0 Å². The number of nitrogen functional groups attached to an aromatic ring is 1. The van der Waals surface area contributed by atoms with Gasteiger partial charge in [0.2, 0.25) is 0 Å². The molecule has 1 amide bonds. The smallest absolute Gasteiger partial charge is 0.266 e. The monoisotopic (exact) mass is 340 g/mol. The van der Waals surface area contributed by atoms with E-state index in [9.17, 15) is 4.79 Å². The molecule has 6 heteroatoms. The average molecular weight is 340 g/mol. The first-order valence-electron chi connectivity index (χ1n) is 7.69. The Morgan fingerprint density at radius 1 is 1.25 bits per heavy atom. The first-order valence-corrected chi connectivity index (χ1v) is 8.50. The molecule has 2 heterocycles. The molecule has 3 N–H and O–H groups in total. The molecule has 0 saturated carbocycles. The van der Waals surface area contributed by atoms with Crippen molar-refractivity contribution in [1.82, 2.24) is 9.97 Å². The van der Waals surface area contributed by atoms with Gasteiger partial charge in [0.05, 0.1) is 10.3 Å². The first-order chi connectivity index (χ1) is 11.3. The number of fused-ring (bicyclic) bond motifs is 1. The molecule has 2 aromatic heterocycles. The fraction of sp³-hybridized carbons (Fsp3) is 0.278. The van der Waals surface area contributed by atoms with Crippen LogP contribution in [0.5, 0.6) is 0 Å². The molecule has 3 aromatic rings. The van der Waals surface area contributed by atoms with Gasteiger partial charge in [0.1, 0.15) is 17.0 Å². The fourth-order valence-electron chi connectivity index (χ4n) is 2.57. The van der Waals surface area contributed by atoms with E-state index in [0.717, 1.165) is 21.5 Å². The molecule has 24 heavy (non-hydrogen) atoms. The number of carbonyl (C=O) groups excluding carboxylic acids is 1. The highest BCUT2D eigenvalue weighted by Gasteiger charge is 2.19. The molecule has 0 atom stereocenters. The lowest BCUT2D eigenvalue weighted by Crippen LogP contribution is -2.14. The van der Waals surface area contributed by atoms with Crippen LogP contribution in [-0.2, 0) is 5.41 Å². The van der Waals surface area contributed by atoms with Crippen molar-refractivity contribution in [3.05, 3.63) is 46.6 Å². The molecule has 0 aliphatic heterocycles. The lowest BCUT2D eigenvalue weighted by molar-refractivity contribution is 0.103. The number of nitrogens with zero attached hydrogens (tertiary/aromatic N) is 2. The highest BCUT2D eigenvalue weighted by molar-refractivity contribution is 7.20. The number of anilines is 2. The second-order valence-electron chi connectivity index (χ2n) is 6.78. The van der Waals surface area contributed by atoms with Crippen LogP contribution in [0.1, 0.15) is 41.6 Å². The van der Waals surface area contributed by atoms with E-state index in [0.29, 0.717) is 10.7 Å². The lowest BCUT2D eigenvalue weighted by atomic mass is 9.87. The highest BCUT2D eigenvalue weighted by atomic mass is 32.1. The Balaban J connectivity index is 1.94. The third-order valence-electron chi connectivity index (χ3n) is 3.95. The minimum Gasteiger partial charge on any atom is -0.383 e. The van der Waals surface area contributed by atoms with E-state index >= 15 is 0 Å². The van der Waals surface area contributed by atoms with E-state index in [-0.39, 0.29) is 11.3 Å². The number of aryl methyl sites for hydroxylation is 1. The van der Waals surface area contributed by atoms with Crippen molar-refractivity contribution in [3.63, 3.8) is 0 Å². The number of carbonyl (C=O) groups is 1. The molecule has 0 unspecified atom stereocenters. The maximum Gasteiger partial charge on any atom is 0.266 e. The van der Waals surface area contributed by atoms with Gasteiger partial charge in [0, 0.05) is 5.69 Å². The molecule has 0 saturated heterocycles. The predicted octanol–water partition coefficient (Wildman–Crippen LogP) is 4.13. The number of nitrogens with two attached hydrogens (primary N) is 1. The highest BCUT2D eigenvalue weighted by Crippen LogP contribution is 2.32. The number of benzene rings is 1. The molecule has 0 fully saturated rings. The van der Waals surface area contributed by atoms with Crippen molar-refractivity contribution in [2.75, 3.05) is 11.1 Å². The van der Waals surface area contributed by atoms with E-state index in [4.69, 9.17) is 5.73 Å². The summed E-state index contributed by atoms with van der Waals surface area (Å²) in [4.78, 5) is 22.2. The summed E-state index contributed by atoms with van der Waals surface area (Å²) >= 11 is 1.33. The maximum atomic E-state index is 12.7. The van der Waals surface area contributed by atoms with Crippen molar-refractivity contribution in [2.24, 2.45) is 0 Å². The van der Waals surface area contributed by atoms with Crippen LogP contribution >= 0.6 is 11.3 Å². The van der Waals surface area contributed by atoms with Gasteiger partial charge in [-0.15, -0.1) is 11.3 Å². The molecule has 5 nitrogen and oxygen atoms in total. The third-order valence-corrected chi connectivity index (χ3v) is 5.15. The van der Waals surface area contributed by atoms with Crippen LogP contribution in [0.3, 0.4) is 0 Å². The summed E-state index contributed by atoms with van der Waals surface area (Å²) in [5.41, 5.74) is 8.71. The van der Waals surface area contributed by atoms with Crippen LogP contribution in [0.25, 0.3) is 10.2 Å². The summed E-state index contributed by atoms with van der Waals surface area (Å²) in [6.45, 7) is 8.31. The van der Waals surface area contributed by atoms with Crippen molar-refractivity contribution in [1.29, 1.82) is 0 Å². The minimum atomic E-state index is -0.152. The molecule has 0 spiro atoms. The first kappa shape index (κ1) is 16.4. The molecular formula is C18H20N4OS. The van der Waals surface area contributed by atoms with Crippen LogP contribution in [0.15, 0.2) is 30.6 Å². The number of hydrogen-bond donors (Lipinski definition) is 2. The molecular weight excluding hydrogens is 320 g/mol. The Morgan fingerprint density at radius 3 is 2.67 bits per heavy atom. The molecule has 0 radical (unpaired) electrons. The fourth-order valence-corrected chi connectivity index (χ4v) is 3.62. The molecule has 0 aliphatic carbocycles. The Labute approximate surface area is 144 Å². The van der Waals surface area contributed by atoms with Crippen LogP contribution in [0.4, 0.5) is 11.5 Å². The van der Waals surface area contributed by atoms with Gasteiger partial charge in [-0.2, -0.15) is 0 Å². The number of hydrogen-bond acceptors (Lipinski definition) is 5. The number of amides is 1. The summed E-state index contributed by atoms with van der Waals surface area (Å²) in [7, 11) is 0. The van der Waals surface area contributed by atoms with Gasteiger partial charge in [-0.05, 0) is 35.6 Å². The largest absolute Gasteiger partial charge is 0.383 e.